The number of benzene rings is 1. The van der Waals surface area contributed by atoms with E-state index in [0.29, 0.717) is 24.7 Å². The van der Waals surface area contributed by atoms with E-state index in [2.05, 4.69) is 51.2 Å². The Morgan fingerprint density at radius 1 is 0.941 bits per heavy atom. The Balaban J connectivity index is 1.46. The Kier molecular flexibility index (Phi) is 4.92. The summed E-state index contributed by atoms with van der Waals surface area (Å²) in [5, 5.41) is 9.41. The van der Waals surface area contributed by atoms with Crippen molar-refractivity contribution in [2.24, 2.45) is 0 Å². The molecule has 0 spiro atoms. The first-order chi connectivity index (χ1) is 16.6. The van der Waals surface area contributed by atoms with Gasteiger partial charge in [-0.25, -0.2) is 19.6 Å². The number of nitrogen functional groups attached to an aromatic ring is 1. The Labute approximate surface area is 195 Å². The van der Waals surface area contributed by atoms with E-state index >= 15 is 0 Å². The van der Waals surface area contributed by atoms with Crippen LogP contribution in [0.4, 0.5) is 11.8 Å². The number of fused-ring (bicyclic) bond motifs is 1. The summed E-state index contributed by atoms with van der Waals surface area (Å²) >= 11 is 0. The van der Waals surface area contributed by atoms with Crippen molar-refractivity contribution in [3.05, 3.63) is 66.7 Å². The summed E-state index contributed by atoms with van der Waals surface area (Å²) in [6.45, 7) is 4.96. The Morgan fingerprint density at radius 3 is 2.56 bits per heavy atom. The topological polar surface area (TPSA) is 112 Å². The van der Waals surface area contributed by atoms with Gasteiger partial charge in [-0.1, -0.05) is 29.8 Å². The molecule has 170 valence electrons. The molecule has 0 saturated carbocycles. The van der Waals surface area contributed by atoms with Crippen LogP contribution in [0.1, 0.15) is 5.56 Å². The highest BCUT2D eigenvalue weighted by atomic mass is 16.5. The molecule has 34 heavy (non-hydrogen) atoms. The van der Waals surface area contributed by atoms with E-state index in [1.165, 1.54) is 5.56 Å². The molecule has 1 aromatic carbocycles. The van der Waals surface area contributed by atoms with E-state index in [1.54, 1.807) is 17.1 Å². The molecule has 10 nitrogen and oxygen atoms in total. The molecule has 1 fully saturated rings. The van der Waals surface area contributed by atoms with Gasteiger partial charge >= 0.3 is 0 Å². The van der Waals surface area contributed by atoms with Crippen LogP contribution >= 0.6 is 0 Å². The van der Waals surface area contributed by atoms with Crippen LogP contribution in [-0.4, -0.2) is 60.6 Å². The van der Waals surface area contributed by atoms with Crippen LogP contribution in [0.15, 0.2) is 61.2 Å². The molecule has 2 N–H and O–H groups in total. The van der Waals surface area contributed by atoms with Crippen molar-refractivity contribution in [2.45, 2.75) is 6.92 Å². The molecule has 4 aromatic heterocycles. The minimum absolute atomic E-state index is 0.227. The highest BCUT2D eigenvalue weighted by Gasteiger charge is 2.19. The fraction of sp³-hybridized carbons (Fsp3) is 0.208. The minimum atomic E-state index is 0.227. The lowest BCUT2D eigenvalue weighted by Crippen LogP contribution is -2.37. The van der Waals surface area contributed by atoms with Gasteiger partial charge in [0, 0.05) is 54.9 Å². The average molecular weight is 454 g/mol. The van der Waals surface area contributed by atoms with Crippen LogP contribution in [0.3, 0.4) is 0 Å². The van der Waals surface area contributed by atoms with Crippen molar-refractivity contribution < 1.29 is 4.74 Å². The lowest BCUT2D eigenvalue weighted by atomic mass is 10.1. The van der Waals surface area contributed by atoms with Gasteiger partial charge < -0.3 is 15.4 Å². The van der Waals surface area contributed by atoms with E-state index < -0.39 is 0 Å². The SMILES string of the molecule is Cc1cccc(-c2cnn(-c3cc(N4CCOCC4)n4nc(-c5cnc(N)nc5)cc4n3)c2)c1. The highest BCUT2D eigenvalue weighted by Crippen LogP contribution is 2.26. The number of morpholine rings is 1. The van der Waals surface area contributed by atoms with Crippen LogP contribution < -0.4 is 10.6 Å². The lowest BCUT2D eigenvalue weighted by Gasteiger charge is -2.29. The third-order valence-corrected chi connectivity index (χ3v) is 5.87. The lowest BCUT2D eigenvalue weighted by molar-refractivity contribution is 0.122. The van der Waals surface area contributed by atoms with Crippen molar-refractivity contribution in [3.8, 4) is 28.2 Å². The standard InChI is InChI=1S/C24H23N9O/c1-16-3-2-4-17(9-16)19-14-28-32(15-19)21-11-23(31-5-7-34-8-6-31)33-22(29-21)10-20(30-33)18-12-26-24(25)27-13-18/h2-4,9-15H,5-8H2,1H3,(H2,25,26,27). The second kappa shape index (κ2) is 8.23. The number of aromatic nitrogens is 7. The molecule has 1 saturated heterocycles. The quantitative estimate of drug-likeness (QED) is 0.442. The van der Waals surface area contributed by atoms with Crippen molar-refractivity contribution in [3.63, 3.8) is 0 Å². The monoisotopic (exact) mass is 453 g/mol. The molecule has 0 aliphatic carbocycles. The molecule has 0 amide bonds. The van der Waals surface area contributed by atoms with Crippen molar-refractivity contribution in [1.29, 1.82) is 0 Å². The fourth-order valence-corrected chi connectivity index (χ4v) is 4.11. The second-order valence-electron chi connectivity index (χ2n) is 8.24. The maximum atomic E-state index is 5.65. The number of hydrogen-bond acceptors (Lipinski definition) is 8. The number of nitrogens with zero attached hydrogens (tertiary/aromatic N) is 8. The van der Waals surface area contributed by atoms with E-state index in [1.807, 2.05) is 29.0 Å². The fourth-order valence-electron chi connectivity index (χ4n) is 4.11. The molecule has 1 aliphatic heterocycles. The third kappa shape index (κ3) is 3.73. The van der Waals surface area contributed by atoms with Crippen LogP contribution in [0.2, 0.25) is 0 Å². The molecule has 1 aliphatic rings. The maximum Gasteiger partial charge on any atom is 0.219 e. The maximum absolute atomic E-state index is 5.65. The number of ether oxygens (including phenoxy) is 1. The first-order valence-electron chi connectivity index (χ1n) is 11.1. The normalized spacial score (nSPS) is 14.1. The molecular weight excluding hydrogens is 430 g/mol. The van der Waals surface area contributed by atoms with Gasteiger partial charge in [0.25, 0.3) is 0 Å². The van der Waals surface area contributed by atoms with Crippen molar-refractivity contribution in [2.75, 3.05) is 36.9 Å². The van der Waals surface area contributed by atoms with E-state index in [0.717, 1.165) is 41.3 Å². The Bertz CT molecular complexity index is 1470. The van der Waals surface area contributed by atoms with E-state index in [4.69, 9.17) is 20.6 Å². The predicted molar refractivity (Wildman–Crippen MR) is 129 cm³/mol. The number of nitrogens with two attached hydrogens (primary N) is 1. The van der Waals surface area contributed by atoms with Crippen LogP contribution in [-0.2, 0) is 4.74 Å². The van der Waals surface area contributed by atoms with E-state index in [-0.39, 0.29) is 5.95 Å². The average Bonchev–Trinajstić information content (AvgIpc) is 3.52. The minimum Gasteiger partial charge on any atom is -0.378 e. The number of anilines is 2. The third-order valence-electron chi connectivity index (χ3n) is 5.87. The summed E-state index contributed by atoms with van der Waals surface area (Å²) < 4.78 is 9.22. The van der Waals surface area contributed by atoms with Gasteiger partial charge in [0.15, 0.2) is 11.5 Å². The van der Waals surface area contributed by atoms with Gasteiger partial charge in [0.1, 0.15) is 5.82 Å². The van der Waals surface area contributed by atoms with Gasteiger partial charge in [-0.05, 0) is 12.5 Å². The van der Waals surface area contributed by atoms with Gasteiger partial charge in [-0.2, -0.15) is 14.7 Å². The molecule has 6 rings (SSSR count). The zero-order valence-corrected chi connectivity index (χ0v) is 18.7. The smallest absolute Gasteiger partial charge is 0.219 e. The molecule has 5 heterocycles. The van der Waals surface area contributed by atoms with E-state index in [9.17, 15) is 0 Å². The summed E-state index contributed by atoms with van der Waals surface area (Å²) in [4.78, 5) is 15.3. The molecular formula is C24H23N9O. The molecule has 0 atom stereocenters. The van der Waals surface area contributed by atoms with Crippen LogP contribution in [0, 0.1) is 6.92 Å². The summed E-state index contributed by atoms with van der Waals surface area (Å²) in [7, 11) is 0. The van der Waals surface area contributed by atoms with Crippen molar-refractivity contribution >= 4 is 17.4 Å². The number of aryl methyl sites for hydroxylation is 1. The van der Waals surface area contributed by atoms with Crippen LogP contribution in [0.5, 0.6) is 0 Å². The molecule has 0 radical (unpaired) electrons. The Morgan fingerprint density at radius 2 is 1.76 bits per heavy atom. The summed E-state index contributed by atoms with van der Waals surface area (Å²) in [6, 6.07) is 12.3. The first kappa shape index (κ1) is 20.3. The highest BCUT2D eigenvalue weighted by molar-refractivity contribution is 5.67. The first-order valence-corrected chi connectivity index (χ1v) is 11.1. The summed E-state index contributed by atoms with van der Waals surface area (Å²) in [6.07, 6.45) is 7.20. The predicted octanol–water partition coefficient (Wildman–Crippen LogP) is 2.77. The Hall–Kier alpha value is -4.31. The van der Waals surface area contributed by atoms with Gasteiger partial charge in [-0.3, -0.25) is 0 Å². The molecule has 10 heteroatoms. The van der Waals surface area contributed by atoms with Gasteiger partial charge in [0.05, 0.1) is 25.1 Å². The zero-order valence-electron chi connectivity index (χ0n) is 18.7. The molecule has 0 bridgehead atoms. The largest absolute Gasteiger partial charge is 0.378 e. The van der Waals surface area contributed by atoms with Crippen molar-refractivity contribution in [1.82, 2.24) is 34.3 Å². The summed E-state index contributed by atoms with van der Waals surface area (Å²) in [5.74, 6) is 1.87. The molecule has 0 unspecified atom stereocenters. The van der Waals surface area contributed by atoms with Gasteiger partial charge in [-0.15, -0.1) is 0 Å². The van der Waals surface area contributed by atoms with Gasteiger partial charge in [0.2, 0.25) is 5.95 Å². The zero-order chi connectivity index (χ0) is 23.1. The second-order valence-corrected chi connectivity index (χ2v) is 8.24. The number of hydrogen-bond donors (Lipinski definition) is 1. The van der Waals surface area contributed by atoms with Crippen LogP contribution in [0.25, 0.3) is 33.8 Å². The summed E-state index contributed by atoms with van der Waals surface area (Å²) in [5.41, 5.74) is 11.2. The number of rotatable bonds is 4. The molecule has 5 aromatic rings.